The van der Waals surface area contributed by atoms with Gasteiger partial charge in [-0.05, 0) is 49.6 Å². The maximum Gasteiger partial charge on any atom is 0.387 e. The fraction of sp³-hybridized carbons (Fsp3) is 0.533. The highest BCUT2D eigenvalue weighted by Gasteiger charge is 2.30. The third kappa shape index (κ3) is 3.50. The van der Waals surface area contributed by atoms with Crippen molar-refractivity contribution in [2.75, 3.05) is 24.5 Å². The summed E-state index contributed by atoms with van der Waals surface area (Å²) in [4.78, 5) is 14.4. The van der Waals surface area contributed by atoms with Gasteiger partial charge in [-0.1, -0.05) is 0 Å². The van der Waals surface area contributed by atoms with Crippen molar-refractivity contribution in [3.8, 4) is 5.75 Å². The molecule has 1 saturated heterocycles. The average Bonchev–Trinajstić information content (AvgIpc) is 2.99. The van der Waals surface area contributed by atoms with Crippen LogP contribution in [0.2, 0.25) is 0 Å². The van der Waals surface area contributed by atoms with Crippen LogP contribution >= 0.6 is 12.4 Å². The molecule has 1 amide bonds. The smallest absolute Gasteiger partial charge is 0.387 e. The zero-order chi connectivity index (χ0) is 14.8. The van der Waals surface area contributed by atoms with Crippen LogP contribution < -0.4 is 15.0 Å². The van der Waals surface area contributed by atoms with E-state index in [1.165, 1.54) is 6.07 Å². The zero-order valence-electron chi connectivity index (χ0n) is 12.1. The van der Waals surface area contributed by atoms with Crippen molar-refractivity contribution < 1.29 is 18.3 Å². The summed E-state index contributed by atoms with van der Waals surface area (Å²) in [5.41, 5.74) is 1.73. The third-order valence-electron chi connectivity index (χ3n) is 4.07. The Morgan fingerprint density at radius 1 is 1.41 bits per heavy atom. The van der Waals surface area contributed by atoms with Crippen LogP contribution in [0.15, 0.2) is 18.2 Å². The summed E-state index contributed by atoms with van der Waals surface area (Å²) in [5.74, 6) is 0.303. The molecule has 2 aliphatic rings. The van der Waals surface area contributed by atoms with E-state index in [1.54, 1.807) is 17.0 Å². The predicted octanol–water partition coefficient (Wildman–Crippen LogP) is 2.60. The van der Waals surface area contributed by atoms with Crippen LogP contribution in [-0.4, -0.2) is 32.2 Å². The van der Waals surface area contributed by atoms with Crippen molar-refractivity contribution in [1.29, 1.82) is 0 Å². The number of hydrogen-bond acceptors (Lipinski definition) is 3. The molecule has 1 atom stereocenters. The average molecular weight is 333 g/mol. The molecule has 1 unspecified atom stereocenters. The maximum absolute atomic E-state index is 12.6. The molecule has 1 aromatic carbocycles. The van der Waals surface area contributed by atoms with Gasteiger partial charge in [0.2, 0.25) is 5.91 Å². The Morgan fingerprint density at radius 2 is 2.23 bits per heavy atom. The van der Waals surface area contributed by atoms with E-state index in [-0.39, 0.29) is 30.0 Å². The number of carbonyl (C=O) groups excluding carboxylic acids is 1. The fourth-order valence-electron chi connectivity index (χ4n) is 3.06. The van der Waals surface area contributed by atoms with Crippen LogP contribution in [0.4, 0.5) is 14.5 Å². The second-order valence-corrected chi connectivity index (χ2v) is 5.45. The van der Waals surface area contributed by atoms with Gasteiger partial charge in [0.25, 0.3) is 0 Å². The van der Waals surface area contributed by atoms with E-state index in [1.807, 2.05) is 0 Å². The number of benzene rings is 1. The molecular formula is C15H19ClF2N2O2. The first-order valence-corrected chi connectivity index (χ1v) is 7.25. The zero-order valence-corrected chi connectivity index (χ0v) is 12.9. The first-order chi connectivity index (χ1) is 10.1. The summed E-state index contributed by atoms with van der Waals surface area (Å²) in [6.07, 6.45) is 2.48. The Labute approximate surface area is 134 Å². The minimum Gasteiger partial charge on any atom is -0.435 e. The number of nitrogens with zero attached hydrogens (tertiary/aromatic N) is 1. The van der Waals surface area contributed by atoms with Crippen LogP contribution in [0.25, 0.3) is 0 Å². The number of rotatable bonds is 3. The summed E-state index contributed by atoms with van der Waals surface area (Å²) in [6, 6.07) is 4.84. The van der Waals surface area contributed by atoms with E-state index in [0.717, 1.165) is 43.6 Å². The fourth-order valence-corrected chi connectivity index (χ4v) is 3.06. The lowest BCUT2D eigenvalue weighted by molar-refractivity contribution is -0.121. The Kier molecular flexibility index (Phi) is 5.58. The number of nitrogens with one attached hydrogen (secondary N) is 1. The normalized spacial score (nSPS) is 20.5. The van der Waals surface area contributed by atoms with Crippen molar-refractivity contribution >= 4 is 24.0 Å². The number of alkyl halides is 2. The quantitative estimate of drug-likeness (QED) is 0.925. The van der Waals surface area contributed by atoms with Gasteiger partial charge in [0.1, 0.15) is 5.75 Å². The Balaban J connectivity index is 0.00000176. The first-order valence-electron chi connectivity index (χ1n) is 7.25. The molecule has 1 aromatic rings. The van der Waals surface area contributed by atoms with Gasteiger partial charge in [-0.25, -0.2) is 0 Å². The molecular weight excluding hydrogens is 314 g/mol. The summed E-state index contributed by atoms with van der Waals surface area (Å²) in [5, 5.41) is 3.20. The van der Waals surface area contributed by atoms with Crippen LogP contribution in [-0.2, 0) is 11.2 Å². The number of amides is 1. The van der Waals surface area contributed by atoms with Crippen molar-refractivity contribution in [3.05, 3.63) is 23.8 Å². The number of aryl methyl sites for hydroxylation is 1. The Bertz CT molecular complexity index is 536. The molecule has 0 bridgehead atoms. The molecule has 4 nitrogen and oxygen atoms in total. The van der Waals surface area contributed by atoms with Crippen LogP contribution in [0, 0.1) is 5.92 Å². The van der Waals surface area contributed by atoms with Crippen molar-refractivity contribution in [1.82, 2.24) is 5.32 Å². The van der Waals surface area contributed by atoms with Gasteiger partial charge in [0.05, 0.1) is 5.92 Å². The van der Waals surface area contributed by atoms with Gasteiger partial charge in [-0.15, -0.1) is 12.4 Å². The van der Waals surface area contributed by atoms with Crippen molar-refractivity contribution in [2.24, 2.45) is 5.92 Å². The van der Waals surface area contributed by atoms with E-state index in [2.05, 4.69) is 10.1 Å². The highest BCUT2D eigenvalue weighted by molar-refractivity contribution is 5.96. The third-order valence-corrected chi connectivity index (χ3v) is 4.07. The number of anilines is 1. The van der Waals surface area contributed by atoms with Crippen molar-refractivity contribution in [2.45, 2.75) is 25.9 Å². The van der Waals surface area contributed by atoms with Gasteiger partial charge in [-0.2, -0.15) is 8.78 Å². The monoisotopic (exact) mass is 332 g/mol. The van der Waals surface area contributed by atoms with Crippen molar-refractivity contribution in [3.63, 3.8) is 0 Å². The number of fused-ring (bicyclic) bond motifs is 1. The van der Waals surface area contributed by atoms with Crippen LogP contribution in [0.1, 0.15) is 18.4 Å². The summed E-state index contributed by atoms with van der Waals surface area (Å²) >= 11 is 0. The molecule has 22 heavy (non-hydrogen) atoms. The second kappa shape index (κ2) is 7.24. The molecule has 0 spiro atoms. The van der Waals surface area contributed by atoms with E-state index >= 15 is 0 Å². The van der Waals surface area contributed by atoms with Gasteiger partial charge in [0.15, 0.2) is 0 Å². The molecule has 0 saturated carbocycles. The van der Waals surface area contributed by atoms with Gasteiger partial charge in [-0.3, -0.25) is 4.79 Å². The van der Waals surface area contributed by atoms with E-state index < -0.39 is 6.61 Å². The van der Waals surface area contributed by atoms with Gasteiger partial charge in [0, 0.05) is 18.8 Å². The van der Waals surface area contributed by atoms with E-state index in [4.69, 9.17) is 0 Å². The summed E-state index contributed by atoms with van der Waals surface area (Å²) in [6.45, 7) is -0.540. The predicted molar refractivity (Wildman–Crippen MR) is 82.0 cm³/mol. The standard InChI is InChI=1S/C15H18F2N2O2.ClH/c16-15(17)21-12-3-4-13-10(8-12)2-1-7-19(13)14(20)11-5-6-18-9-11;/h3-4,8,11,15,18H,1-2,5-7,9H2;1H. The molecule has 2 heterocycles. The number of hydrogen-bond donors (Lipinski definition) is 1. The molecule has 3 rings (SSSR count). The molecule has 0 aromatic heterocycles. The SMILES string of the molecule is Cl.O=C(C1CCNC1)N1CCCc2cc(OC(F)F)ccc21. The van der Waals surface area contributed by atoms with Crippen LogP contribution in [0.3, 0.4) is 0 Å². The summed E-state index contributed by atoms with van der Waals surface area (Å²) < 4.78 is 29.0. The van der Waals surface area contributed by atoms with E-state index in [9.17, 15) is 13.6 Å². The molecule has 1 fully saturated rings. The Morgan fingerprint density at radius 3 is 2.91 bits per heavy atom. The number of carbonyl (C=O) groups is 1. The van der Waals surface area contributed by atoms with Gasteiger partial charge < -0.3 is 15.0 Å². The molecule has 1 N–H and O–H groups in total. The molecule has 0 aliphatic carbocycles. The van der Waals surface area contributed by atoms with E-state index in [0.29, 0.717) is 6.54 Å². The topological polar surface area (TPSA) is 41.6 Å². The lowest BCUT2D eigenvalue weighted by Crippen LogP contribution is -2.40. The highest BCUT2D eigenvalue weighted by atomic mass is 35.5. The minimum atomic E-state index is -2.83. The maximum atomic E-state index is 12.6. The molecule has 0 radical (unpaired) electrons. The van der Waals surface area contributed by atoms with Gasteiger partial charge >= 0.3 is 6.61 Å². The lowest BCUT2D eigenvalue weighted by atomic mass is 9.98. The second-order valence-electron chi connectivity index (χ2n) is 5.45. The van der Waals surface area contributed by atoms with Crippen LogP contribution in [0.5, 0.6) is 5.75 Å². The minimum absolute atomic E-state index is 0. The first kappa shape index (κ1) is 17.0. The largest absolute Gasteiger partial charge is 0.435 e. The summed E-state index contributed by atoms with van der Waals surface area (Å²) in [7, 11) is 0. The Hall–Kier alpha value is -1.40. The number of ether oxygens (including phenoxy) is 1. The molecule has 7 heteroatoms. The molecule has 2 aliphatic heterocycles. The molecule has 122 valence electrons. The highest BCUT2D eigenvalue weighted by Crippen LogP contribution is 2.32. The number of halogens is 3. The lowest BCUT2D eigenvalue weighted by Gasteiger charge is -2.31.